The number of hydrogen-bond donors (Lipinski definition) is 2. The van der Waals surface area contributed by atoms with Crippen molar-refractivity contribution in [2.45, 2.75) is 32.7 Å². The highest BCUT2D eigenvalue weighted by molar-refractivity contribution is 7.12. The van der Waals surface area contributed by atoms with Crippen molar-refractivity contribution in [2.24, 2.45) is 17.6 Å². The third-order valence-electron chi connectivity index (χ3n) is 4.08. The Morgan fingerprint density at radius 1 is 1.39 bits per heavy atom. The van der Waals surface area contributed by atoms with Crippen LogP contribution in [0.5, 0.6) is 0 Å². The summed E-state index contributed by atoms with van der Waals surface area (Å²) in [6, 6.07) is 2.95. The van der Waals surface area contributed by atoms with Gasteiger partial charge >= 0.3 is 0 Å². The van der Waals surface area contributed by atoms with E-state index in [1.807, 2.05) is 25.3 Å². The first-order valence-corrected chi connectivity index (χ1v) is 8.70. The Kier molecular flexibility index (Phi) is 5.76. The van der Waals surface area contributed by atoms with Crippen LogP contribution in [0.2, 0.25) is 0 Å². The number of hydrogen-bond acceptors (Lipinski definition) is 4. The fourth-order valence-electron chi connectivity index (χ4n) is 2.77. The number of nitrogens with two attached hydrogens (primary N) is 1. The van der Waals surface area contributed by atoms with Gasteiger partial charge in [0.15, 0.2) is 0 Å². The molecule has 6 nitrogen and oxygen atoms in total. The first kappa shape index (κ1) is 17.5. The zero-order valence-corrected chi connectivity index (χ0v) is 14.3. The summed E-state index contributed by atoms with van der Waals surface area (Å²) in [7, 11) is 0. The predicted octanol–water partition coefficient (Wildman–Crippen LogP) is 1.23. The average molecular weight is 337 g/mol. The van der Waals surface area contributed by atoms with E-state index in [1.165, 1.54) is 11.3 Å². The van der Waals surface area contributed by atoms with Crippen molar-refractivity contribution in [3.8, 4) is 0 Å². The Morgan fingerprint density at radius 3 is 2.70 bits per heavy atom. The molecule has 1 fully saturated rings. The van der Waals surface area contributed by atoms with E-state index >= 15 is 0 Å². The maximum absolute atomic E-state index is 12.4. The number of carbonyl (C=O) groups excluding carboxylic acids is 3. The molecule has 0 aromatic carbocycles. The van der Waals surface area contributed by atoms with Gasteiger partial charge in [0.25, 0.3) is 5.91 Å². The average Bonchev–Trinajstić information content (AvgIpc) is 3.05. The molecule has 0 aliphatic carbocycles. The fraction of sp³-hybridized carbons (Fsp3) is 0.562. The van der Waals surface area contributed by atoms with Gasteiger partial charge in [0, 0.05) is 13.1 Å². The summed E-state index contributed by atoms with van der Waals surface area (Å²) in [5.74, 6) is -1.13. The van der Waals surface area contributed by atoms with Gasteiger partial charge in [0.2, 0.25) is 11.8 Å². The van der Waals surface area contributed by atoms with Crippen LogP contribution in [-0.4, -0.2) is 41.8 Å². The van der Waals surface area contributed by atoms with Gasteiger partial charge in [-0.15, -0.1) is 11.3 Å². The van der Waals surface area contributed by atoms with E-state index in [1.54, 1.807) is 11.0 Å². The quantitative estimate of drug-likeness (QED) is 0.846. The lowest BCUT2D eigenvalue weighted by molar-refractivity contribution is -0.131. The number of nitrogens with one attached hydrogen (secondary N) is 1. The first-order chi connectivity index (χ1) is 10.9. The van der Waals surface area contributed by atoms with Crippen molar-refractivity contribution in [2.75, 3.05) is 13.1 Å². The molecule has 126 valence electrons. The van der Waals surface area contributed by atoms with Gasteiger partial charge in [0.05, 0.1) is 10.8 Å². The molecule has 3 amide bonds. The lowest BCUT2D eigenvalue weighted by Crippen LogP contribution is -2.52. The Balaban J connectivity index is 1.99. The highest BCUT2D eigenvalue weighted by Gasteiger charge is 2.31. The SMILES string of the molecule is CC(C)[C@H](NC(=O)[C@@H]1CCCN(C(=O)c2cccs2)C1)C(N)=O. The van der Waals surface area contributed by atoms with Crippen LogP contribution in [0.15, 0.2) is 17.5 Å². The molecule has 1 aromatic heterocycles. The Bertz CT molecular complexity index is 571. The highest BCUT2D eigenvalue weighted by atomic mass is 32.1. The van der Waals surface area contributed by atoms with E-state index in [2.05, 4.69) is 5.32 Å². The van der Waals surface area contributed by atoms with Crippen LogP contribution >= 0.6 is 11.3 Å². The standard InChI is InChI=1S/C16H23N3O3S/c1-10(2)13(14(17)20)18-15(21)11-5-3-7-19(9-11)16(22)12-6-4-8-23-12/h4,6,8,10-11,13H,3,5,7,9H2,1-2H3,(H2,17,20)(H,18,21)/t11-,13+/m1/s1. The van der Waals surface area contributed by atoms with Crippen LogP contribution in [0.3, 0.4) is 0 Å². The first-order valence-electron chi connectivity index (χ1n) is 7.82. The summed E-state index contributed by atoms with van der Waals surface area (Å²) >= 11 is 1.40. The van der Waals surface area contributed by atoms with E-state index in [4.69, 9.17) is 5.73 Å². The molecular weight excluding hydrogens is 314 g/mol. The van der Waals surface area contributed by atoms with Crippen LogP contribution in [-0.2, 0) is 9.59 Å². The van der Waals surface area contributed by atoms with Crippen molar-refractivity contribution < 1.29 is 14.4 Å². The number of rotatable bonds is 5. The smallest absolute Gasteiger partial charge is 0.263 e. The Labute approximate surface area is 140 Å². The molecule has 7 heteroatoms. The molecule has 1 aromatic rings. The number of nitrogens with zero attached hydrogens (tertiary/aromatic N) is 1. The van der Waals surface area contributed by atoms with Gasteiger partial charge in [-0.2, -0.15) is 0 Å². The van der Waals surface area contributed by atoms with Gasteiger partial charge in [-0.25, -0.2) is 0 Å². The molecule has 3 N–H and O–H groups in total. The number of piperidine rings is 1. The van der Waals surface area contributed by atoms with Crippen LogP contribution < -0.4 is 11.1 Å². The van der Waals surface area contributed by atoms with Crippen molar-refractivity contribution in [3.63, 3.8) is 0 Å². The van der Waals surface area contributed by atoms with Gasteiger partial charge in [0.1, 0.15) is 6.04 Å². The minimum atomic E-state index is -0.675. The predicted molar refractivity (Wildman–Crippen MR) is 88.9 cm³/mol. The Morgan fingerprint density at radius 2 is 2.13 bits per heavy atom. The minimum Gasteiger partial charge on any atom is -0.368 e. The molecule has 0 spiro atoms. The number of amides is 3. The van der Waals surface area contributed by atoms with E-state index in [0.717, 1.165) is 6.42 Å². The van der Waals surface area contributed by atoms with Crippen molar-refractivity contribution >= 4 is 29.1 Å². The number of thiophene rings is 1. The van der Waals surface area contributed by atoms with Crippen LogP contribution in [0.4, 0.5) is 0 Å². The lowest BCUT2D eigenvalue weighted by Gasteiger charge is -2.32. The van der Waals surface area contributed by atoms with E-state index in [-0.39, 0.29) is 23.7 Å². The summed E-state index contributed by atoms with van der Waals surface area (Å²) < 4.78 is 0. The van der Waals surface area contributed by atoms with Crippen LogP contribution in [0.25, 0.3) is 0 Å². The number of primary amides is 1. The van der Waals surface area contributed by atoms with Crippen molar-refractivity contribution in [3.05, 3.63) is 22.4 Å². The van der Waals surface area contributed by atoms with E-state index in [0.29, 0.717) is 24.4 Å². The van der Waals surface area contributed by atoms with Gasteiger partial charge in [-0.05, 0) is 30.2 Å². The molecule has 1 aliphatic rings. The zero-order valence-electron chi connectivity index (χ0n) is 13.5. The zero-order chi connectivity index (χ0) is 17.0. The largest absolute Gasteiger partial charge is 0.368 e. The molecule has 23 heavy (non-hydrogen) atoms. The fourth-order valence-corrected chi connectivity index (χ4v) is 3.46. The summed E-state index contributed by atoms with van der Waals surface area (Å²) in [5, 5.41) is 4.59. The second-order valence-corrected chi connectivity index (χ2v) is 7.15. The number of likely N-dealkylation sites (tertiary alicyclic amines) is 1. The normalized spacial score (nSPS) is 19.4. The van der Waals surface area contributed by atoms with Crippen LogP contribution in [0, 0.1) is 11.8 Å². The maximum Gasteiger partial charge on any atom is 0.263 e. The molecule has 2 heterocycles. The van der Waals surface area contributed by atoms with Gasteiger partial charge < -0.3 is 16.0 Å². The molecule has 2 rings (SSSR count). The minimum absolute atomic E-state index is 0.0344. The maximum atomic E-state index is 12.4. The third-order valence-corrected chi connectivity index (χ3v) is 4.94. The molecule has 0 unspecified atom stereocenters. The molecule has 0 saturated carbocycles. The molecule has 0 bridgehead atoms. The van der Waals surface area contributed by atoms with Crippen LogP contribution in [0.1, 0.15) is 36.4 Å². The highest BCUT2D eigenvalue weighted by Crippen LogP contribution is 2.21. The topological polar surface area (TPSA) is 92.5 Å². The van der Waals surface area contributed by atoms with E-state index in [9.17, 15) is 14.4 Å². The van der Waals surface area contributed by atoms with Crippen molar-refractivity contribution in [1.29, 1.82) is 0 Å². The monoisotopic (exact) mass is 337 g/mol. The molecule has 0 radical (unpaired) electrons. The molecular formula is C16H23N3O3S. The second kappa shape index (κ2) is 7.59. The number of carbonyl (C=O) groups is 3. The molecule has 2 atom stereocenters. The third kappa shape index (κ3) is 4.31. The van der Waals surface area contributed by atoms with Crippen molar-refractivity contribution in [1.82, 2.24) is 10.2 Å². The van der Waals surface area contributed by atoms with Gasteiger partial charge in [-0.3, -0.25) is 14.4 Å². The molecule has 1 aliphatic heterocycles. The second-order valence-electron chi connectivity index (χ2n) is 6.20. The lowest BCUT2D eigenvalue weighted by atomic mass is 9.95. The molecule has 1 saturated heterocycles. The summed E-state index contributed by atoms with van der Waals surface area (Å²) in [6.45, 7) is 4.71. The van der Waals surface area contributed by atoms with E-state index < -0.39 is 11.9 Å². The Hall–Kier alpha value is -1.89. The van der Waals surface area contributed by atoms with Gasteiger partial charge in [-0.1, -0.05) is 19.9 Å². The summed E-state index contributed by atoms with van der Waals surface area (Å²) in [4.78, 5) is 38.6. The summed E-state index contributed by atoms with van der Waals surface area (Å²) in [5.41, 5.74) is 5.34. The summed E-state index contributed by atoms with van der Waals surface area (Å²) in [6.07, 6.45) is 1.49.